The van der Waals surface area contributed by atoms with E-state index >= 15 is 0 Å². The molecule has 1 heterocycles. The number of nitrogens with zero attached hydrogens (tertiary/aromatic N) is 1. The molecule has 0 spiro atoms. The molecule has 0 bridgehead atoms. The molecule has 100 valence electrons. The molecule has 1 aromatic heterocycles. The minimum Gasteiger partial charge on any atom is -0.507 e. The zero-order chi connectivity index (χ0) is 14.2. The summed E-state index contributed by atoms with van der Waals surface area (Å²) in [4.78, 5) is 10.7. The largest absolute Gasteiger partial charge is 0.507 e. The van der Waals surface area contributed by atoms with Crippen LogP contribution in [0.4, 0.5) is 0 Å². The normalized spacial score (nSPS) is 10.9. The van der Waals surface area contributed by atoms with Gasteiger partial charge >= 0.3 is 5.97 Å². The average molecular weight is 282 g/mol. The van der Waals surface area contributed by atoms with Crippen LogP contribution in [0, 0.1) is 0 Å². The molecule has 0 aliphatic heterocycles. The van der Waals surface area contributed by atoms with Crippen molar-refractivity contribution in [3.05, 3.63) is 34.5 Å². The summed E-state index contributed by atoms with van der Waals surface area (Å²) >= 11 is 6.13. The number of carboxylic acid groups (broad SMARTS) is 1. The Morgan fingerprint density at radius 2 is 2.05 bits per heavy atom. The van der Waals surface area contributed by atoms with Gasteiger partial charge in [-0.2, -0.15) is 0 Å². The van der Waals surface area contributed by atoms with Gasteiger partial charge in [0.2, 0.25) is 5.76 Å². The second kappa shape index (κ2) is 4.93. The van der Waals surface area contributed by atoms with Crippen LogP contribution in [-0.4, -0.2) is 21.3 Å². The fraction of sp³-hybridized carbons (Fsp3) is 0.231. The molecule has 0 unspecified atom stereocenters. The molecule has 0 aliphatic rings. The van der Waals surface area contributed by atoms with Crippen LogP contribution >= 0.6 is 11.6 Å². The Morgan fingerprint density at radius 3 is 2.58 bits per heavy atom. The Morgan fingerprint density at radius 1 is 1.37 bits per heavy atom. The predicted octanol–water partition coefficient (Wildman–Crippen LogP) is 3.52. The fourth-order valence-electron chi connectivity index (χ4n) is 1.73. The van der Waals surface area contributed by atoms with Gasteiger partial charge in [0.25, 0.3) is 0 Å². The van der Waals surface area contributed by atoms with Crippen molar-refractivity contribution in [1.82, 2.24) is 5.16 Å². The highest BCUT2D eigenvalue weighted by Crippen LogP contribution is 2.36. The van der Waals surface area contributed by atoms with Gasteiger partial charge in [-0.1, -0.05) is 30.6 Å². The Balaban J connectivity index is 2.50. The number of hydrogen-bond donors (Lipinski definition) is 2. The molecule has 2 aromatic rings. The Labute approximate surface area is 114 Å². The lowest BCUT2D eigenvalue weighted by Gasteiger charge is -2.10. The van der Waals surface area contributed by atoms with Gasteiger partial charge in [-0.25, -0.2) is 4.79 Å². The lowest BCUT2D eigenvalue weighted by atomic mass is 9.99. The second-order valence-electron chi connectivity index (χ2n) is 4.43. The lowest BCUT2D eigenvalue weighted by molar-refractivity contribution is 0.0652. The maximum absolute atomic E-state index is 10.7. The molecule has 19 heavy (non-hydrogen) atoms. The smallest absolute Gasteiger partial charge is 0.374 e. The standard InChI is InChI=1S/C13H12ClNO4/c1-6(2)7-4-11(16)8(3-9(7)14)10-5-12(13(17)18)19-15-10/h3-6,16H,1-2H3,(H,17,18). The summed E-state index contributed by atoms with van der Waals surface area (Å²) in [6, 6.07) is 4.34. The van der Waals surface area contributed by atoms with Gasteiger partial charge in [0, 0.05) is 16.7 Å². The summed E-state index contributed by atoms with van der Waals surface area (Å²) < 4.78 is 4.65. The van der Waals surface area contributed by atoms with E-state index in [-0.39, 0.29) is 23.1 Å². The van der Waals surface area contributed by atoms with Crippen LogP contribution in [0.1, 0.15) is 35.9 Å². The van der Waals surface area contributed by atoms with Crippen molar-refractivity contribution in [1.29, 1.82) is 0 Å². The number of halogens is 1. The fourth-order valence-corrected chi connectivity index (χ4v) is 2.11. The number of phenols is 1. The van der Waals surface area contributed by atoms with Crippen molar-refractivity contribution in [2.45, 2.75) is 19.8 Å². The van der Waals surface area contributed by atoms with Crippen molar-refractivity contribution in [2.24, 2.45) is 0 Å². The third kappa shape index (κ3) is 2.56. The van der Waals surface area contributed by atoms with Gasteiger partial charge in [-0.3, -0.25) is 0 Å². The highest BCUT2D eigenvalue weighted by Gasteiger charge is 2.17. The number of carboxylic acids is 1. The first kappa shape index (κ1) is 13.4. The van der Waals surface area contributed by atoms with E-state index in [0.29, 0.717) is 10.6 Å². The molecular weight excluding hydrogens is 270 g/mol. The monoisotopic (exact) mass is 281 g/mol. The molecule has 0 saturated carbocycles. The van der Waals surface area contributed by atoms with E-state index in [1.54, 1.807) is 12.1 Å². The molecule has 0 amide bonds. The third-order valence-electron chi connectivity index (χ3n) is 2.73. The summed E-state index contributed by atoms with van der Waals surface area (Å²) in [5.74, 6) is -1.36. The number of rotatable bonds is 3. The van der Waals surface area contributed by atoms with Gasteiger partial charge in [-0.15, -0.1) is 0 Å². The highest BCUT2D eigenvalue weighted by atomic mass is 35.5. The molecule has 5 nitrogen and oxygen atoms in total. The van der Waals surface area contributed by atoms with Crippen LogP contribution in [-0.2, 0) is 0 Å². The van der Waals surface area contributed by atoms with Crippen LogP contribution in [0.15, 0.2) is 22.7 Å². The SMILES string of the molecule is CC(C)c1cc(O)c(-c2cc(C(=O)O)on2)cc1Cl. The molecule has 2 rings (SSSR count). The zero-order valence-electron chi connectivity index (χ0n) is 10.3. The maximum Gasteiger partial charge on any atom is 0.374 e. The van der Waals surface area contributed by atoms with Gasteiger partial charge in [0.1, 0.15) is 11.4 Å². The number of aromatic nitrogens is 1. The number of carbonyl (C=O) groups is 1. The average Bonchev–Trinajstić information content (AvgIpc) is 2.80. The van der Waals surface area contributed by atoms with E-state index in [0.717, 1.165) is 5.56 Å². The summed E-state index contributed by atoms with van der Waals surface area (Å²) in [5.41, 5.74) is 1.38. The molecular formula is C13H12ClNO4. The van der Waals surface area contributed by atoms with Crippen molar-refractivity contribution < 1.29 is 19.5 Å². The number of hydrogen-bond acceptors (Lipinski definition) is 4. The van der Waals surface area contributed by atoms with E-state index in [1.165, 1.54) is 6.07 Å². The first-order valence-corrected chi connectivity index (χ1v) is 6.00. The first-order chi connectivity index (χ1) is 8.90. The topological polar surface area (TPSA) is 83.6 Å². The summed E-state index contributed by atoms with van der Waals surface area (Å²) in [5, 5.41) is 22.8. The van der Waals surface area contributed by atoms with E-state index < -0.39 is 5.97 Å². The number of benzene rings is 1. The van der Waals surface area contributed by atoms with Crippen LogP contribution in [0.25, 0.3) is 11.3 Å². The Hall–Kier alpha value is -2.01. The minimum absolute atomic E-state index is 0.0154. The first-order valence-electron chi connectivity index (χ1n) is 5.63. The molecule has 0 atom stereocenters. The van der Waals surface area contributed by atoms with E-state index in [1.807, 2.05) is 13.8 Å². The molecule has 0 radical (unpaired) electrons. The zero-order valence-corrected chi connectivity index (χ0v) is 11.1. The Kier molecular flexibility index (Phi) is 3.48. The van der Waals surface area contributed by atoms with Crippen LogP contribution < -0.4 is 0 Å². The van der Waals surface area contributed by atoms with Crippen LogP contribution in [0.2, 0.25) is 5.02 Å². The van der Waals surface area contributed by atoms with E-state index in [9.17, 15) is 9.90 Å². The highest BCUT2D eigenvalue weighted by molar-refractivity contribution is 6.31. The van der Waals surface area contributed by atoms with Gasteiger partial charge < -0.3 is 14.7 Å². The van der Waals surface area contributed by atoms with Crippen LogP contribution in [0.3, 0.4) is 0 Å². The second-order valence-corrected chi connectivity index (χ2v) is 4.83. The number of aromatic carboxylic acids is 1. The maximum atomic E-state index is 10.7. The quantitative estimate of drug-likeness (QED) is 0.899. The third-order valence-corrected chi connectivity index (χ3v) is 3.06. The van der Waals surface area contributed by atoms with E-state index in [2.05, 4.69) is 9.68 Å². The molecule has 1 aromatic carbocycles. The predicted molar refractivity (Wildman–Crippen MR) is 69.7 cm³/mol. The van der Waals surface area contributed by atoms with Crippen molar-refractivity contribution in [2.75, 3.05) is 0 Å². The van der Waals surface area contributed by atoms with Crippen molar-refractivity contribution in [3.63, 3.8) is 0 Å². The molecule has 0 saturated heterocycles. The molecule has 2 N–H and O–H groups in total. The molecule has 0 fully saturated rings. The van der Waals surface area contributed by atoms with Gasteiger partial charge in [0.15, 0.2) is 0 Å². The Bertz CT molecular complexity index is 634. The lowest BCUT2D eigenvalue weighted by Crippen LogP contribution is -1.92. The van der Waals surface area contributed by atoms with Crippen LogP contribution in [0.5, 0.6) is 5.75 Å². The number of phenolic OH excluding ortho intramolecular Hbond substituents is 1. The van der Waals surface area contributed by atoms with Gasteiger partial charge in [-0.05, 0) is 23.6 Å². The summed E-state index contributed by atoms with van der Waals surface area (Å²) in [6.07, 6.45) is 0. The summed E-state index contributed by atoms with van der Waals surface area (Å²) in [7, 11) is 0. The number of aromatic hydroxyl groups is 1. The molecule has 0 aliphatic carbocycles. The molecule has 6 heteroatoms. The van der Waals surface area contributed by atoms with Gasteiger partial charge in [0.05, 0.1) is 0 Å². The minimum atomic E-state index is -1.22. The van der Waals surface area contributed by atoms with Crippen molar-refractivity contribution >= 4 is 17.6 Å². The summed E-state index contributed by atoms with van der Waals surface area (Å²) in [6.45, 7) is 3.91. The van der Waals surface area contributed by atoms with Crippen molar-refractivity contribution in [3.8, 4) is 17.0 Å². The van der Waals surface area contributed by atoms with E-state index in [4.69, 9.17) is 16.7 Å².